The average Bonchev–Trinajstić information content (AvgIpc) is 2.78. The summed E-state index contributed by atoms with van der Waals surface area (Å²) in [5, 5.41) is 6.02. The van der Waals surface area contributed by atoms with Crippen molar-refractivity contribution < 1.29 is 23.5 Å². The molecule has 0 aliphatic rings. The molecule has 0 bridgehead atoms. The summed E-state index contributed by atoms with van der Waals surface area (Å²) in [7, 11) is 1.48. The molecule has 0 fully saturated rings. The third-order valence-corrected chi connectivity index (χ3v) is 5.47. The molecule has 0 aliphatic carbocycles. The fourth-order valence-electron chi connectivity index (χ4n) is 2.91. The number of aromatic nitrogens is 1. The number of nitrogens with zero attached hydrogens (tertiary/aromatic N) is 1. The summed E-state index contributed by atoms with van der Waals surface area (Å²) in [6.07, 6.45) is 0.973. The van der Waals surface area contributed by atoms with E-state index >= 15 is 0 Å². The molecule has 7 nitrogen and oxygen atoms in total. The number of amides is 2. The quantitative estimate of drug-likeness (QED) is 0.394. The lowest BCUT2D eigenvalue weighted by Crippen LogP contribution is -2.27. The number of anilines is 2. The van der Waals surface area contributed by atoms with Gasteiger partial charge in [-0.15, -0.1) is 11.8 Å². The van der Waals surface area contributed by atoms with E-state index in [-0.39, 0.29) is 11.7 Å². The van der Waals surface area contributed by atoms with Crippen molar-refractivity contribution in [1.82, 2.24) is 4.98 Å². The number of thioether (sulfide) groups is 1. The Morgan fingerprint density at radius 2 is 1.79 bits per heavy atom. The number of halogens is 1. The topological polar surface area (TPSA) is 89.5 Å². The molecule has 2 N–H and O–H groups in total. The first-order valence-electron chi connectivity index (χ1n) is 10.5. The van der Waals surface area contributed by atoms with Crippen molar-refractivity contribution in [3.05, 3.63) is 77.7 Å². The molecule has 0 radical (unpaired) electrons. The van der Waals surface area contributed by atoms with Gasteiger partial charge in [0, 0.05) is 17.6 Å². The Labute approximate surface area is 202 Å². The highest BCUT2D eigenvalue weighted by molar-refractivity contribution is 7.98. The number of nitrogens with one attached hydrogen (secondary N) is 2. The second kappa shape index (κ2) is 11.0. The molecule has 0 aliphatic heterocycles. The van der Waals surface area contributed by atoms with Crippen LogP contribution in [0.3, 0.4) is 0 Å². The van der Waals surface area contributed by atoms with Crippen molar-refractivity contribution in [2.45, 2.75) is 37.2 Å². The normalized spacial score (nSPS) is 11.0. The fourth-order valence-corrected chi connectivity index (χ4v) is 3.85. The van der Waals surface area contributed by atoms with Gasteiger partial charge < -0.3 is 14.8 Å². The predicted octanol–water partition coefficient (Wildman–Crippen LogP) is 6.12. The molecule has 3 aromatic rings. The molecular weight excluding hydrogens is 457 g/mol. The van der Waals surface area contributed by atoms with E-state index in [1.165, 1.54) is 31.0 Å². The van der Waals surface area contributed by atoms with Crippen LogP contribution in [0.2, 0.25) is 0 Å². The first kappa shape index (κ1) is 25.0. The van der Waals surface area contributed by atoms with Gasteiger partial charge in [-0.25, -0.2) is 14.2 Å². The second-order valence-electron chi connectivity index (χ2n) is 8.27. The molecule has 0 saturated carbocycles. The standard InChI is InChI=1S/C25H26FN3O4S/c1-25(2,3)33-24(31)29-20-14-18(11-12-21(20)32-4)28-22(30)19-6-5-13-27-23(19)34-15-16-7-9-17(26)10-8-16/h5-14H,15H2,1-4H3,(H,28,30)(H,29,31). The maximum atomic E-state index is 13.1. The van der Waals surface area contributed by atoms with Crippen LogP contribution < -0.4 is 15.4 Å². The highest BCUT2D eigenvalue weighted by atomic mass is 32.2. The maximum Gasteiger partial charge on any atom is 0.412 e. The number of rotatable bonds is 7. The zero-order valence-electron chi connectivity index (χ0n) is 19.3. The van der Waals surface area contributed by atoms with Crippen LogP contribution in [-0.2, 0) is 10.5 Å². The number of benzene rings is 2. The Balaban J connectivity index is 1.74. The predicted molar refractivity (Wildman–Crippen MR) is 131 cm³/mol. The van der Waals surface area contributed by atoms with Gasteiger partial charge in [-0.1, -0.05) is 12.1 Å². The van der Waals surface area contributed by atoms with Crippen molar-refractivity contribution in [1.29, 1.82) is 0 Å². The van der Waals surface area contributed by atoms with Crippen molar-refractivity contribution in [2.75, 3.05) is 17.7 Å². The summed E-state index contributed by atoms with van der Waals surface area (Å²) in [4.78, 5) is 29.5. The van der Waals surface area contributed by atoms with Gasteiger partial charge in [0.05, 0.1) is 18.4 Å². The smallest absolute Gasteiger partial charge is 0.412 e. The van der Waals surface area contributed by atoms with Crippen LogP contribution in [0.15, 0.2) is 65.8 Å². The van der Waals surface area contributed by atoms with E-state index in [9.17, 15) is 14.0 Å². The van der Waals surface area contributed by atoms with Crippen LogP contribution in [-0.4, -0.2) is 29.7 Å². The van der Waals surface area contributed by atoms with Gasteiger partial charge in [0.1, 0.15) is 22.2 Å². The first-order valence-corrected chi connectivity index (χ1v) is 11.4. The molecule has 3 rings (SSSR count). The zero-order valence-corrected chi connectivity index (χ0v) is 20.2. The van der Waals surface area contributed by atoms with E-state index in [1.807, 2.05) is 0 Å². The van der Waals surface area contributed by atoms with Crippen LogP contribution in [0.1, 0.15) is 36.7 Å². The summed E-state index contributed by atoms with van der Waals surface area (Å²) < 4.78 is 23.7. The minimum absolute atomic E-state index is 0.299. The SMILES string of the molecule is COc1ccc(NC(=O)c2cccnc2SCc2ccc(F)cc2)cc1NC(=O)OC(C)(C)C. The minimum Gasteiger partial charge on any atom is -0.495 e. The highest BCUT2D eigenvalue weighted by Gasteiger charge is 2.19. The Hall–Kier alpha value is -3.59. The van der Waals surface area contributed by atoms with Crippen LogP contribution in [0, 0.1) is 5.82 Å². The number of carbonyl (C=O) groups excluding carboxylic acids is 2. The Bertz CT molecular complexity index is 1160. The molecule has 34 heavy (non-hydrogen) atoms. The molecule has 2 aromatic carbocycles. The van der Waals surface area contributed by atoms with Crippen LogP contribution >= 0.6 is 11.8 Å². The van der Waals surface area contributed by atoms with Gasteiger partial charge >= 0.3 is 6.09 Å². The molecular formula is C25H26FN3O4S. The third-order valence-electron chi connectivity index (χ3n) is 4.40. The highest BCUT2D eigenvalue weighted by Crippen LogP contribution is 2.30. The van der Waals surface area contributed by atoms with Crippen molar-refractivity contribution in [2.24, 2.45) is 0 Å². The number of methoxy groups -OCH3 is 1. The van der Waals surface area contributed by atoms with Crippen molar-refractivity contribution in [3.63, 3.8) is 0 Å². The Morgan fingerprint density at radius 1 is 1.06 bits per heavy atom. The largest absolute Gasteiger partial charge is 0.495 e. The van der Waals surface area contributed by atoms with Gasteiger partial charge in [0.25, 0.3) is 5.91 Å². The lowest BCUT2D eigenvalue weighted by molar-refractivity contribution is 0.0635. The second-order valence-corrected chi connectivity index (χ2v) is 9.23. The summed E-state index contributed by atoms with van der Waals surface area (Å²) in [6, 6.07) is 14.4. The molecule has 9 heteroatoms. The number of hydrogen-bond acceptors (Lipinski definition) is 6. The summed E-state index contributed by atoms with van der Waals surface area (Å²) in [5.41, 5.74) is 1.45. The Morgan fingerprint density at radius 3 is 2.47 bits per heavy atom. The number of hydrogen-bond donors (Lipinski definition) is 2. The van der Waals surface area contributed by atoms with Crippen LogP contribution in [0.5, 0.6) is 5.75 Å². The van der Waals surface area contributed by atoms with E-state index in [0.717, 1.165) is 5.56 Å². The minimum atomic E-state index is -0.661. The fraction of sp³-hybridized carbons (Fsp3) is 0.240. The van der Waals surface area contributed by atoms with Gasteiger partial charge in [-0.3, -0.25) is 10.1 Å². The van der Waals surface area contributed by atoms with Crippen molar-refractivity contribution in [3.8, 4) is 5.75 Å². The maximum absolute atomic E-state index is 13.1. The van der Waals surface area contributed by atoms with E-state index in [0.29, 0.717) is 33.5 Å². The van der Waals surface area contributed by atoms with Gasteiger partial charge in [-0.2, -0.15) is 0 Å². The Kier molecular flexibility index (Phi) is 8.12. The molecule has 0 spiro atoms. The molecule has 0 unspecified atom stereocenters. The van der Waals surface area contributed by atoms with E-state index in [4.69, 9.17) is 9.47 Å². The lowest BCUT2D eigenvalue weighted by Gasteiger charge is -2.20. The van der Waals surface area contributed by atoms with Gasteiger partial charge in [-0.05, 0) is 68.8 Å². The molecule has 0 saturated heterocycles. The lowest BCUT2D eigenvalue weighted by atomic mass is 10.2. The van der Waals surface area contributed by atoms with E-state index < -0.39 is 11.7 Å². The van der Waals surface area contributed by atoms with Crippen LogP contribution in [0.25, 0.3) is 0 Å². The number of ether oxygens (including phenoxy) is 2. The first-order chi connectivity index (χ1) is 16.1. The molecule has 0 atom stereocenters. The van der Waals surface area contributed by atoms with Gasteiger partial charge in [0.2, 0.25) is 0 Å². The summed E-state index contributed by atoms with van der Waals surface area (Å²) in [5.74, 6) is 0.292. The van der Waals surface area contributed by atoms with Gasteiger partial charge in [0.15, 0.2) is 0 Å². The number of carbonyl (C=O) groups is 2. The molecule has 1 aromatic heterocycles. The average molecular weight is 484 g/mol. The number of pyridine rings is 1. The molecule has 1 heterocycles. The molecule has 178 valence electrons. The van der Waals surface area contributed by atoms with Crippen molar-refractivity contribution >= 4 is 35.1 Å². The van der Waals surface area contributed by atoms with E-state index in [2.05, 4.69) is 15.6 Å². The monoisotopic (exact) mass is 483 g/mol. The summed E-state index contributed by atoms with van der Waals surface area (Å²) >= 11 is 1.38. The molecule has 2 amide bonds. The van der Waals surface area contributed by atoms with Crippen LogP contribution in [0.4, 0.5) is 20.6 Å². The third kappa shape index (κ3) is 7.21. The summed E-state index contributed by atoms with van der Waals surface area (Å²) in [6.45, 7) is 5.29. The zero-order chi connectivity index (χ0) is 24.7. The van der Waals surface area contributed by atoms with E-state index in [1.54, 1.807) is 69.4 Å².